The number of anilines is 2. The second-order valence-electron chi connectivity index (χ2n) is 7.61. The topological polar surface area (TPSA) is 82.2 Å². The molecule has 2 heterocycles. The van der Waals surface area contributed by atoms with Crippen LogP contribution in [0.5, 0.6) is 0 Å². The van der Waals surface area contributed by atoms with Gasteiger partial charge in [0.15, 0.2) is 6.23 Å². The molecule has 154 valence electrons. The molecule has 3 aromatic carbocycles. The molecule has 0 bridgehead atoms. The molecule has 0 amide bonds. The zero-order valence-corrected chi connectivity index (χ0v) is 16.8. The Kier molecular flexibility index (Phi) is 4.52. The summed E-state index contributed by atoms with van der Waals surface area (Å²) in [6.07, 6.45) is 1.02. The molecular weight excluding hydrogens is 392 g/mol. The number of nitrogens with zero attached hydrogens (tertiary/aromatic N) is 4. The minimum atomic E-state index is -0.899. The molecule has 1 N–H and O–H groups in total. The van der Waals surface area contributed by atoms with Crippen LogP contribution in [0.25, 0.3) is 0 Å². The number of aryl methyl sites for hydroxylation is 1. The highest BCUT2D eigenvalue weighted by atomic mass is 16.6. The number of rotatable bonds is 4. The average Bonchev–Trinajstić information content (AvgIpc) is 3.11. The van der Waals surface area contributed by atoms with Gasteiger partial charge in [-0.25, -0.2) is 5.01 Å². The van der Waals surface area contributed by atoms with Crippen LogP contribution in [0.15, 0.2) is 89.7 Å². The Morgan fingerprint density at radius 2 is 1.68 bits per heavy atom. The maximum Gasteiger partial charge on any atom is 0.269 e. The summed E-state index contributed by atoms with van der Waals surface area (Å²) < 4.78 is 0. The Hall–Kier alpha value is -3.97. The first-order valence-corrected chi connectivity index (χ1v) is 9.96. The second-order valence-corrected chi connectivity index (χ2v) is 7.61. The molecule has 0 spiro atoms. The third-order valence-electron chi connectivity index (χ3n) is 5.62. The number of hydrogen-bond donors (Lipinski definition) is 1. The Labute approximate surface area is 179 Å². The van der Waals surface area contributed by atoms with Gasteiger partial charge in [-0.05, 0) is 30.2 Å². The van der Waals surface area contributed by atoms with Crippen molar-refractivity contribution in [1.82, 2.24) is 0 Å². The maximum absolute atomic E-state index is 11.1. The number of aliphatic hydroxyl groups is 1. The molecule has 2 aliphatic rings. The Balaban J connectivity index is 1.53. The van der Waals surface area contributed by atoms with Crippen LogP contribution in [0.1, 0.15) is 16.7 Å². The first kappa shape index (κ1) is 19.0. The van der Waals surface area contributed by atoms with Crippen molar-refractivity contribution >= 4 is 22.8 Å². The lowest BCUT2D eigenvalue weighted by atomic mass is 9.96. The standard InChI is InChI=1S/C24H20N4O3/c1-16-6-2-4-8-21(16)27-24(29)20-15-26(14-17-10-12-18(13-11-17)28(30)31)22-9-5-3-7-19(22)23(20)25-27/h2-13,15,24,29H,14H2,1H3. The third-order valence-corrected chi connectivity index (χ3v) is 5.62. The highest BCUT2D eigenvalue weighted by Crippen LogP contribution is 2.38. The number of benzene rings is 3. The molecule has 0 saturated heterocycles. The van der Waals surface area contributed by atoms with Crippen molar-refractivity contribution < 1.29 is 10.0 Å². The number of para-hydroxylation sites is 2. The van der Waals surface area contributed by atoms with Gasteiger partial charge in [-0.3, -0.25) is 10.1 Å². The van der Waals surface area contributed by atoms with Crippen molar-refractivity contribution in [3.63, 3.8) is 0 Å². The summed E-state index contributed by atoms with van der Waals surface area (Å²) in [5, 5.41) is 28.5. The zero-order valence-electron chi connectivity index (χ0n) is 16.8. The van der Waals surface area contributed by atoms with Crippen LogP contribution in [0.2, 0.25) is 0 Å². The van der Waals surface area contributed by atoms with E-state index in [1.165, 1.54) is 12.1 Å². The fourth-order valence-electron chi connectivity index (χ4n) is 4.03. The predicted molar refractivity (Wildman–Crippen MR) is 120 cm³/mol. The molecule has 5 rings (SSSR count). The molecule has 7 nitrogen and oxygen atoms in total. The van der Waals surface area contributed by atoms with Crippen molar-refractivity contribution in [1.29, 1.82) is 0 Å². The molecule has 0 radical (unpaired) electrons. The van der Waals surface area contributed by atoms with E-state index in [9.17, 15) is 15.2 Å². The van der Waals surface area contributed by atoms with Crippen LogP contribution in [0.4, 0.5) is 17.1 Å². The molecular formula is C24H20N4O3. The van der Waals surface area contributed by atoms with Crippen LogP contribution in [-0.4, -0.2) is 22.0 Å². The third kappa shape index (κ3) is 3.25. The molecule has 0 fully saturated rings. The molecule has 0 saturated carbocycles. The van der Waals surface area contributed by atoms with Gasteiger partial charge in [0.1, 0.15) is 5.71 Å². The zero-order chi connectivity index (χ0) is 21.5. The first-order valence-electron chi connectivity index (χ1n) is 9.96. The Morgan fingerprint density at radius 1 is 1.00 bits per heavy atom. The second kappa shape index (κ2) is 7.37. The lowest BCUT2D eigenvalue weighted by Crippen LogP contribution is -2.31. The average molecular weight is 412 g/mol. The lowest BCUT2D eigenvalue weighted by Gasteiger charge is -2.29. The number of hydrogen-bond acceptors (Lipinski definition) is 6. The van der Waals surface area contributed by atoms with Gasteiger partial charge in [-0.2, -0.15) is 5.10 Å². The van der Waals surface area contributed by atoms with E-state index >= 15 is 0 Å². The van der Waals surface area contributed by atoms with Gasteiger partial charge in [-0.15, -0.1) is 0 Å². The van der Waals surface area contributed by atoms with Crippen molar-refractivity contribution in [2.75, 3.05) is 9.91 Å². The monoisotopic (exact) mass is 412 g/mol. The number of nitro benzene ring substituents is 1. The predicted octanol–water partition coefficient (Wildman–Crippen LogP) is 4.35. The normalized spacial score (nSPS) is 17.0. The number of hydrazone groups is 1. The van der Waals surface area contributed by atoms with Crippen LogP contribution >= 0.6 is 0 Å². The summed E-state index contributed by atoms with van der Waals surface area (Å²) in [5.41, 5.74) is 6.28. The quantitative estimate of drug-likeness (QED) is 0.509. The molecule has 0 aliphatic carbocycles. The fraction of sp³-hybridized carbons (Fsp3) is 0.125. The van der Waals surface area contributed by atoms with Gasteiger partial charge in [-0.1, -0.05) is 48.5 Å². The van der Waals surface area contributed by atoms with E-state index in [2.05, 4.69) is 4.90 Å². The van der Waals surface area contributed by atoms with E-state index in [0.29, 0.717) is 6.54 Å². The molecule has 0 aromatic heterocycles. The molecule has 3 aromatic rings. The lowest BCUT2D eigenvalue weighted by molar-refractivity contribution is -0.384. The van der Waals surface area contributed by atoms with E-state index in [1.54, 1.807) is 17.1 Å². The van der Waals surface area contributed by atoms with Crippen LogP contribution in [0, 0.1) is 17.0 Å². The van der Waals surface area contributed by atoms with E-state index in [0.717, 1.165) is 39.3 Å². The van der Waals surface area contributed by atoms with Crippen LogP contribution in [-0.2, 0) is 6.54 Å². The summed E-state index contributed by atoms with van der Waals surface area (Å²) >= 11 is 0. The van der Waals surface area contributed by atoms with E-state index < -0.39 is 11.2 Å². The summed E-state index contributed by atoms with van der Waals surface area (Å²) in [4.78, 5) is 12.6. The van der Waals surface area contributed by atoms with Gasteiger partial charge in [0.05, 0.1) is 16.3 Å². The van der Waals surface area contributed by atoms with Crippen LogP contribution < -0.4 is 9.91 Å². The van der Waals surface area contributed by atoms with Crippen molar-refractivity contribution in [2.24, 2.45) is 5.10 Å². The summed E-state index contributed by atoms with van der Waals surface area (Å²) in [5.74, 6) is 0. The number of nitro groups is 1. The fourth-order valence-corrected chi connectivity index (χ4v) is 4.03. The maximum atomic E-state index is 11.1. The minimum Gasteiger partial charge on any atom is -0.368 e. The van der Waals surface area contributed by atoms with Gasteiger partial charge in [0.25, 0.3) is 5.69 Å². The molecule has 1 unspecified atom stereocenters. The molecule has 1 atom stereocenters. The van der Waals surface area contributed by atoms with E-state index in [4.69, 9.17) is 5.10 Å². The highest BCUT2D eigenvalue weighted by Gasteiger charge is 2.37. The van der Waals surface area contributed by atoms with Crippen molar-refractivity contribution in [3.8, 4) is 0 Å². The largest absolute Gasteiger partial charge is 0.368 e. The SMILES string of the molecule is Cc1ccccc1N1N=C2C(=CN(Cc3ccc([N+](=O)[O-])cc3)c3ccccc32)C1O. The smallest absolute Gasteiger partial charge is 0.269 e. The van der Waals surface area contributed by atoms with Gasteiger partial charge in [0, 0.05) is 36.0 Å². The van der Waals surface area contributed by atoms with Crippen LogP contribution in [0.3, 0.4) is 0 Å². The van der Waals surface area contributed by atoms with Crippen molar-refractivity contribution in [2.45, 2.75) is 19.7 Å². The summed E-state index contributed by atoms with van der Waals surface area (Å²) in [6, 6.07) is 22.3. The highest BCUT2D eigenvalue weighted by molar-refractivity contribution is 6.20. The Bertz CT molecular complexity index is 1230. The van der Waals surface area contributed by atoms with Crippen molar-refractivity contribution in [3.05, 3.63) is 111 Å². The minimum absolute atomic E-state index is 0.0654. The Morgan fingerprint density at radius 3 is 2.39 bits per heavy atom. The molecule has 2 aliphatic heterocycles. The summed E-state index contributed by atoms with van der Waals surface area (Å²) in [6.45, 7) is 2.51. The number of aliphatic hydroxyl groups excluding tert-OH is 1. The molecule has 7 heteroatoms. The first-order chi connectivity index (χ1) is 15.0. The van der Waals surface area contributed by atoms with Gasteiger partial charge in [0.2, 0.25) is 0 Å². The number of fused-ring (bicyclic) bond motifs is 3. The summed E-state index contributed by atoms with van der Waals surface area (Å²) in [7, 11) is 0. The van der Waals surface area contributed by atoms with Gasteiger partial charge < -0.3 is 10.0 Å². The van der Waals surface area contributed by atoms with E-state index in [-0.39, 0.29) is 5.69 Å². The number of non-ortho nitro benzene ring substituents is 1. The molecule has 31 heavy (non-hydrogen) atoms. The van der Waals surface area contributed by atoms with Gasteiger partial charge >= 0.3 is 0 Å². The van der Waals surface area contributed by atoms with E-state index in [1.807, 2.05) is 61.7 Å².